The molecular formula is C22H22O2. The summed E-state index contributed by atoms with van der Waals surface area (Å²) in [7, 11) is 1.69. The number of benzene rings is 3. The van der Waals surface area contributed by atoms with Gasteiger partial charge in [0, 0.05) is 5.56 Å². The smallest absolute Gasteiger partial charge is 0.125 e. The minimum atomic E-state index is 0.506. The first-order valence-electron chi connectivity index (χ1n) is 8.23. The summed E-state index contributed by atoms with van der Waals surface area (Å²) in [5.74, 6) is 1.80. The Balaban J connectivity index is 1.68. The van der Waals surface area contributed by atoms with Crippen LogP contribution in [0.2, 0.25) is 0 Å². The summed E-state index contributed by atoms with van der Waals surface area (Å²) in [6.07, 6.45) is 1.97. The number of ether oxygens (including phenoxy) is 2. The molecule has 0 fully saturated rings. The highest BCUT2D eigenvalue weighted by molar-refractivity contribution is 5.36. The van der Waals surface area contributed by atoms with Crippen molar-refractivity contribution < 1.29 is 9.47 Å². The van der Waals surface area contributed by atoms with Crippen LogP contribution < -0.4 is 9.47 Å². The Hall–Kier alpha value is -2.74. The number of methoxy groups -OCH3 is 1. The number of hydrogen-bond acceptors (Lipinski definition) is 2. The fourth-order valence-corrected chi connectivity index (χ4v) is 2.75. The fraction of sp³-hybridized carbons (Fsp3) is 0.182. The van der Waals surface area contributed by atoms with Crippen molar-refractivity contribution in [2.45, 2.75) is 19.4 Å². The monoisotopic (exact) mass is 318 g/mol. The van der Waals surface area contributed by atoms with Crippen molar-refractivity contribution in [3.05, 3.63) is 95.6 Å². The second-order valence-electron chi connectivity index (χ2n) is 5.69. The molecule has 24 heavy (non-hydrogen) atoms. The third kappa shape index (κ3) is 4.17. The minimum absolute atomic E-state index is 0.506. The Labute approximate surface area is 143 Å². The zero-order valence-electron chi connectivity index (χ0n) is 13.9. The average molecular weight is 318 g/mol. The van der Waals surface area contributed by atoms with E-state index in [-0.39, 0.29) is 0 Å². The summed E-state index contributed by atoms with van der Waals surface area (Å²) in [6, 6.07) is 26.8. The van der Waals surface area contributed by atoms with Crippen LogP contribution in [0.15, 0.2) is 78.9 Å². The molecule has 0 aliphatic carbocycles. The zero-order chi connectivity index (χ0) is 16.6. The second-order valence-corrected chi connectivity index (χ2v) is 5.69. The normalized spacial score (nSPS) is 10.4. The largest absolute Gasteiger partial charge is 0.496 e. The maximum absolute atomic E-state index is 6.07. The molecule has 0 N–H and O–H groups in total. The van der Waals surface area contributed by atoms with Gasteiger partial charge in [0.25, 0.3) is 0 Å². The van der Waals surface area contributed by atoms with Gasteiger partial charge in [-0.15, -0.1) is 0 Å². The molecule has 0 aliphatic heterocycles. The van der Waals surface area contributed by atoms with Crippen LogP contribution in [-0.4, -0.2) is 7.11 Å². The van der Waals surface area contributed by atoms with Gasteiger partial charge in [-0.05, 0) is 36.1 Å². The molecule has 0 amide bonds. The molecular weight excluding hydrogens is 296 g/mol. The van der Waals surface area contributed by atoms with Gasteiger partial charge in [0.1, 0.15) is 18.1 Å². The van der Waals surface area contributed by atoms with Crippen molar-refractivity contribution >= 4 is 0 Å². The third-order valence-corrected chi connectivity index (χ3v) is 4.07. The van der Waals surface area contributed by atoms with Crippen molar-refractivity contribution in [3.63, 3.8) is 0 Å². The van der Waals surface area contributed by atoms with Crippen LogP contribution in [0.3, 0.4) is 0 Å². The van der Waals surface area contributed by atoms with Gasteiger partial charge in [0.15, 0.2) is 0 Å². The molecule has 0 heterocycles. The number of aryl methyl sites for hydroxylation is 2. The Morgan fingerprint density at radius 2 is 1.25 bits per heavy atom. The van der Waals surface area contributed by atoms with E-state index in [0.29, 0.717) is 6.61 Å². The predicted molar refractivity (Wildman–Crippen MR) is 97.6 cm³/mol. The Kier molecular flexibility index (Phi) is 5.52. The Morgan fingerprint density at radius 1 is 0.625 bits per heavy atom. The highest BCUT2D eigenvalue weighted by atomic mass is 16.5. The van der Waals surface area contributed by atoms with Crippen LogP contribution in [0.4, 0.5) is 0 Å². The first-order valence-corrected chi connectivity index (χ1v) is 8.23. The van der Waals surface area contributed by atoms with Crippen LogP contribution in [0.1, 0.15) is 16.7 Å². The lowest BCUT2D eigenvalue weighted by atomic mass is 10.0. The van der Waals surface area contributed by atoms with Crippen LogP contribution in [0, 0.1) is 0 Å². The van der Waals surface area contributed by atoms with E-state index in [0.717, 1.165) is 29.9 Å². The molecule has 3 aromatic carbocycles. The lowest BCUT2D eigenvalue weighted by Crippen LogP contribution is -2.01. The summed E-state index contributed by atoms with van der Waals surface area (Å²) in [5.41, 5.74) is 3.63. The van der Waals surface area contributed by atoms with Gasteiger partial charge in [-0.25, -0.2) is 0 Å². The van der Waals surface area contributed by atoms with Gasteiger partial charge in [-0.3, -0.25) is 0 Å². The van der Waals surface area contributed by atoms with E-state index >= 15 is 0 Å². The predicted octanol–water partition coefficient (Wildman–Crippen LogP) is 5.06. The van der Waals surface area contributed by atoms with Crippen LogP contribution in [-0.2, 0) is 19.4 Å². The molecule has 0 atom stereocenters. The van der Waals surface area contributed by atoms with E-state index in [1.165, 1.54) is 11.1 Å². The highest BCUT2D eigenvalue weighted by Crippen LogP contribution is 2.24. The van der Waals surface area contributed by atoms with Crippen molar-refractivity contribution in [2.24, 2.45) is 0 Å². The number of rotatable bonds is 7. The van der Waals surface area contributed by atoms with Crippen molar-refractivity contribution in [1.82, 2.24) is 0 Å². The first kappa shape index (κ1) is 16.1. The molecule has 0 bridgehead atoms. The molecule has 2 heteroatoms. The van der Waals surface area contributed by atoms with E-state index in [9.17, 15) is 0 Å². The quantitative estimate of drug-likeness (QED) is 0.606. The lowest BCUT2D eigenvalue weighted by molar-refractivity contribution is 0.294. The second kappa shape index (κ2) is 8.21. The summed E-state index contributed by atoms with van der Waals surface area (Å²) < 4.78 is 11.5. The van der Waals surface area contributed by atoms with Crippen molar-refractivity contribution in [2.75, 3.05) is 7.11 Å². The van der Waals surface area contributed by atoms with Crippen molar-refractivity contribution in [3.8, 4) is 11.5 Å². The Bertz CT molecular complexity index is 766. The summed E-state index contributed by atoms with van der Waals surface area (Å²) >= 11 is 0. The van der Waals surface area contributed by atoms with Gasteiger partial charge >= 0.3 is 0 Å². The molecule has 0 saturated carbocycles. The van der Waals surface area contributed by atoms with Gasteiger partial charge in [-0.2, -0.15) is 0 Å². The number of hydrogen-bond donors (Lipinski definition) is 0. The molecule has 0 aromatic heterocycles. The summed E-state index contributed by atoms with van der Waals surface area (Å²) in [6.45, 7) is 0.506. The lowest BCUT2D eigenvalue weighted by Gasteiger charge is -2.13. The number of para-hydroxylation sites is 2. The molecule has 0 saturated heterocycles. The van der Waals surface area contributed by atoms with Crippen molar-refractivity contribution in [1.29, 1.82) is 0 Å². The molecule has 0 radical (unpaired) electrons. The first-order chi connectivity index (χ1) is 11.9. The topological polar surface area (TPSA) is 18.5 Å². The molecule has 3 rings (SSSR count). The summed E-state index contributed by atoms with van der Waals surface area (Å²) in [5, 5.41) is 0. The van der Waals surface area contributed by atoms with Crippen LogP contribution in [0.25, 0.3) is 0 Å². The molecule has 0 spiro atoms. The average Bonchev–Trinajstić information content (AvgIpc) is 2.66. The summed E-state index contributed by atoms with van der Waals surface area (Å²) in [4.78, 5) is 0. The van der Waals surface area contributed by atoms with E-state index in [4.69, 9.17) is 9.47 Å². The van der Waals surface area contributed by atoms with Gasteiger partial charge in [0.2, 0.25) is 0 Å². The van der Waals surface area contributed by atoms with E-state index < -0.39 is 0 Å². The van der Waals surface area contributed by atoms with E-state index in [2.05, 4.69) is 36.4 Å². The van der Waals surface area contributed by atoms with Gasteiger partial charge in [-0.1, -0.05) is 66.7 Å². The Morgan fingerprint density at radius 3 is 2.00 bits per heavy atom. The standard InChI is InChI=1S/C22H22O2/c1-23-21-13-7-6-12-20(21)17-24-22-14-8-5-11-19(22)16-15-18-9-3-2-4-10-18/h2-14H,15-17H2,1H3. The fourth-order valence-electron chi connectivity index (χ4n) is 2.75. The highest BCUT2D eigenvalue weighted by Gasteiger charge is 2.06. The van der Waals surface area contributed by atoms with Gasteiger partial charge < -0.3 is 9.47 Å². The molecule has 0 aliphatic rings. The zero-order valence-corrected chi connectivity index (χ0v) is 13.9. The van der Waals surface area contributed by atoms with E-state index in [1.807, 2.05) is 42.5 Å². The van der Waals surface area contributed by atoms with E-state index in [1.54, 1.807) is 7.11 Å². The maximum Gasteiger partial charge on any atom is 0.125 e. The molecule has 3 aromatic rings. The third-order valence-electron chi connectivity index (χ3n) is 4.07. The molecule has 2 nitrogen and oxygen atoms in total. The minimum Gasteiger partial charge on any atom is -0.496 e. The van der Waals surface area contributed by atoms with Crippen LogP contribution >= 0.6 is 0 Å². The van der Waals surface area contributed by atoms with Gasteiger partial charge in [0.05, 0.1) is 7.11 Å². The molecule has 122 valence electrons. The molecule has 0 unspecified atom stereocenters. The maximum atomic E-state index is 6.07. The van der Waals surface area contributed by atoms with Crippen LogP contribution in [0.5, 0.6) is 11.5 Å². The SMILES string of the molecule is COc1ccccc1COc1ccccc1CCc1ccccc1.